The molecule has 0 amide bonds. The van der Waals surface area contributed by atoms with Gasteiger partial charge in [0.1, 0.15) is 11.3 Å². The zero-order valence-corrected chi connectivity index (χ0v) is 11.4. The van der Waals surface area contributed by atoms with Gasteiger partial charge in [0, 0.05) is 6.07 Å². The van der Waals surface area contributed by atoms with E-state index < -0.39 is 10.9 Å². The van der Waals surface area contributed by atoms with Crippen LogP contribution in [0, 0.1) is 10.1 Å². The maximum absolute atomic E-state index is 11.6. The van der Waals surface area contributed by atoms with Gasteiger partial charge in [-0.1, -0.05) is 12.1 Å². The molecule has 7 heteroatoms. The first-order valence-corrected chi connectivity index (χ1v) is 5.98. The summed E-state index contributed by atoms with van der Waals surface area (Å²) in [5.41, 5.74) is 0.512. The number of carbonyl (C=O) groups excluding carboxylic acids is 1. The number of benzene rings is 1. The number of nitrogens with zero attached hydrogens (tertiary/aromatic N) is 2. The minimum Gasteiger partial charge on any atom is -0.505 e. The summed E-state index contributed by atoms with van der Waals surface area (Å²) in [5.74, 6) is -1.06. The van der Waals surface area contributed by atoms with Crippen molar-refractivity contribution in [3.8, 4) is 0 Å². The average Bonchev–Trinajstić information content (AvgIpc) is 2.73. The Hall–Kier alpha value is -2.96. The standard InChI is InChI=1S/C14H12N2O5/c1-8-12(14(18)21-2)13(17)10(15-8)7-9-5-3-4-6-11(9)16(19)20/h3-7,17H,1-2H3. The lowest BCUT2D eigenvalue weighted by Crippen LogP contribution is -2.11. The molecular formula is C14H12N2O5. The summed E-state index contributed by atoms with van der Waals surface area (Å²) in [6.07, 6.45) is 1.35. The van der Waals surface area contributed by atoms with E-state index in [0.717, 1.165) is 0 Å². The topological polar surface area (TPSA) is 102 Å². The van der Waals surface area contributed by atoms with Crippen molar-refractivity contribution in [2.24, 2.45) is 4.99 Å². The molecule has 0 unspecified atom stereocenters. The molecule has 1 aromatic carbocycles. The molecule has 108 valence electrons. The Labute approximate surface area is 120 Å². The first-order chi connectivity index (χ1) is 9.95. The van der Waals surface area contributed by atoms with Crippen LogP contribution in [0.4, 0.5) is 5.69 Å². The van der Waals surface area contributed by atoms with Crippen LogP contribution in [-0.4, -0.2) is 28.8 Å². The summed E-state index contributed by atoms with van der Waals surface area (Å²) in [6, 6.07) is 6.05. The van der Waals surface area contributed by atoms with Crippen molar-refractivity contribution in [2.45, 2.75) is 6.92 Å². The third-order valence-electron chi connectivity index (χ3n) is 2.94. The molecule has 21 heavy (non-hydrogen) atoms. The molecule has 0 atom stereocenters. The van der Waals surface area contributed by atoms with E-state index in [1.54, 1.807) is 19.1 Å². The Kier molecular flexibility index (Phi) is 3.84. The van der Waals surface area contributed by atoms with Crippen LogP contribution in [0.2, 0.25) is 0 Å². The van der Waals surface area contributed by atoms with E-state index in [1.165, 1.54) is 25.3 Å². The second-order valence-electron chi connectivity index (χ2n) is 4.26. The van der Waals surface area contributed by atoms with Crippen LogP contribution in [-0.2, 0) is 9.53 Å². The van der Waals surface area contributed by atoms with Crippen molar-refractivity contribution in [1.29, 1.82) is 0 Å². The molecule has 0 spiro atoms. The fraction of sp³-hybridized carbons (Fsp3) is 0.143. The first kappa shape index (κ1) is 14.4. The van der Waals surface area contributed by atoms with Gasteiger partial charge in [0.2, 0.25) is 0 Å². The molecule has 0 aromatic heterocycles. The SMILES string of the molecule is COC(=O)C1=C(O)C(=Cc2ccccc2[N+](=O)[O-])N=C1C. The van der Waals surface area contributed by atoms with Crippen molar-refractivity contribution < 1.29 is 19.6 Å². The van der Waals surface area contributed by atoms with Gasteiger partial charge in [0.15, 0.2) is 5.76 Å². The minimum atomic E-state index is -0.709. The molecule has 1 heterocycles. The molecule has 0 saturated heterocycles. The number of hydrogen-bond acceptors (Lipinski definition) is 6. The number of methoxy groups -OCH3 is 1. The lowest BCUT2D eigenvalue weighted by molar-refractivity contribution is -0.385. The summed E-state index contributed by atoms with van der Waals surface area (Å²) in [6.45, 7) is 1.54. The van der Waals surface area contributed by atoms with Gasteiger partial charge in [-0.05, 0) is 19.1 Å². The fourth-order valence-corrected chi connectivity index (χ4v) is 1.96. The Morgan fingerprint density at radius 3 is 2.71 bits per heavy atom. The fourth-order valence-electron chi connectivity index (χ4n) is 1.96. The number of aliphatic hydroxyl groups is 1. The quantitative estimate of drug-likeness (QED) is 0.522. The molecule has 0 saturated carbocycles. The van der Waals surface area contributed by atoms with E-state index in [1.807, 2.05) is 0 Å². The predicted molar refractivity (Wildman–Crippen MR) is 75.9 cm³/mol. The number of nitro benzene ring substituents is 1. The van der Waals surface area contributed by atoms with Crippen molar-refractivity contribution >= 4 is 23.4 Å². The number of rotatable bonds is 3. The van der Waals surface area contributed by atoms with Crippen LogP contribution in [0.5, 0.6) is 0 Å². The highest BCUT2D eigenvalue weighted by molar-refractivity contribution is 6.22. The van der Waals surface area contributed by atoms with Gasteiger partial charge >= 0.3 is 5.97 Å². The van der Waals surface area contributed by atoms with E-state index in [9.17, 15) is 20.0 Å². The van der Waals surface area contributed by atoms with E-state index in [0.29, 0.717) is 5.71 Å². The van der Waals surface area contributed by atoms with Gasteiger partial charge in [-0.25, -0.2) is 9.79 Å². The van der Waals surface area contributed by atoms with Crippen molar-refractivity contribution in [2.75, 3.05) is 7.11 Å². The zero-order chi connectivity index (χ0) is 15.6. The molecule has 0 aliphatic carbocycles. The lowest BCUT2D eigenvalue weighted by Gasteiger charge is -2.01. The average molecular weight is 288 g/mol. The van der Waals surface area contributed by atoms with E-state index in [-0.39, 0.29) is 28.3 Å². The second kappa shape index (κ2) is 5.58. The second-order valence-corrected chi connectivity index (χ2v) is 4.26. The van der Waals surface area contributed by atoms with Gasteiger partial charge in [-0.15, -0.1) is 0 Å². The summed E-state index contributed by atoms with van der Waals surface area (Å²) < 4.78 is 4.56. The van der Waals surface area contributed by atoms with Gasteiger partial charge in [0.25, 0.3) is 5.69 Å². The molecule has 7 nitrogen and oxygen atoms in total. The Bertz CT molecular complexity index is 716. The molecule has 1 aromatic rings. The highest BCUT2D eigenvalue weighted by Crippen LogP contribution is 2.28. The Balaban J connectivity index is 2.52. The molecule has 1 aliphatic heterocycles. The molecule has 0 bridgehead atoms. The Morgan fingerprint density at radius 2 is 2.10 bits per heavy atom. The van der Waals surface area contributed by atoms with Crippen LogP contribution in [0.1, 0.15) is 12.5 Å². The highest BCUT2D eigenvalue weighted by Gasteiger charge is 2.27. The molecule has 0 radical (unpaired) electrons. The van der Waals surface area contributed by atoms with Crippen LogP contribution in [0.25, 0.3) is 6.08 Å². The lowest BCUT2D eigenvalue weighted by atomic mass is 10.1. The highest BCUT2D eigenvalue weighted by atomic mass is 16.6. The Morgan fingerprint density at radius 1 is 1.43 bits per heavy atom. The minimum absolute atomic E-state index is 0.0395. The monoisotopic (exact) mass is 288 g/mol. The maximum atomic E-state index is 11.6. The van der Waals surface area contributed by atoms with Crippen molar-refractivity contribution in [3.63, 3.8) is 0 Å². The van der Waals surface area contributed by atoms with E-state index in [4.69, 9.17) is 0 Å². The number of hydrogen-bond donors (Lipinski definition) is 1. The number of para-hydroxylation sites is 1. The first-order valence-electron chi connectivity index (χ1n) is 5.98. The van der Waals surface area contributed by atoms with Crippen molar-refractivity contribution in [3.05, 3.63) is 57.0 Å². The smallest absolute Gasteiger partial charge is 0.343 e. The third-order valence-corrected chi connectivity index (χ3v) is 2.94. The number of ether oxygens (including phenoxy) is 1. The maximum Gasteiger partial charge on any atom is 0.343 e. The largest absolute Gasteiger partial charge is 0.505 e. The van der Waals surface area contributed by atoms with Gasteiger partial charge in [-0.3, -0.25) is 10.1 Å². The van der Waals surface area contributed by atoms with Crippen molar-refractivity contribution in [1.82, 2.24) is 0 Å². The van der Waals surface area contributed by atoms with Crippen LogP contribution in [0.15, 0.2) is 46.3 Å². The van der Waals surface area contributed by atoms with Crippen LogP contribution < -0.4 is 0 Å². The van der Waals surface area contributed by atoms with Gasteiger partial charge in [0.05, 0.1) is 23.3 Å². The summed E-state index contributed by atoms with van der Waals surface area (Å²) in [5, 5.41) is 21.0. The van der Waals surface area contributed by atoms with Gasteiger partial charge < -0.3 is 9.84 Å². The molecule has 1 N–H and O–H groups in total. The number of esters is 1. The molecule has 2 rings (SSSR count). The predicted octanol–water partition coefficient (Wildman–Crippen LogP) is 2.40. The number of aliphatic hydroxyl groups excluding tert-OH is 1. The van der Waals surface area contributed by atoms with Gasteiger partial charge in [-0.2, -0.15) is 0 Å². The summed E-state index contributed by atoms with van der Waals surface area (Å²) >= 11 is 0. The third kappa shape index (κ3) is 2.66. The zero-order valence-electron chi connectivity index (χ0n) is 11.4. The summed E-state index contributed by atoms with van der Waals surface area (Å²) in [7, 11) is 1.19. The van der Waals surface area contributed by atoms with Crippen LogP contribution in [0.3, 0.4) is 0 Å². The normalized spacial score (nSPS) is 16.1. The van der Waals surface area contributed by atoms with E-state index >= 15 is 0 Å². The summed E-state index contributed by atoms with van der Waals surface area (Å²) in [4.78, 5) is 26.0. The van der Waals surface area contributed by atoms with E-state index in [2.05, 4.69) is 9.73 Å². The molecular weight excluding hydrogens is 276 g/mol. The number of aliphatic imine (C=N–C) groups is 1. The molecule has 0 fully saturated rings. The number of carbonyl (C=O) groups is 1. The number of nitro groups is 1. The molecule has 1 aliphatic rings. The van der Waals surface area contributed by atoms with Crippen LogP contribution >= 0.6 is 0 Å².